The maximum absolute atomic E-state index is 13.1. The third-order valence-electron chi connectivity index (χ3n) is 6.21. The molecule has 0 bridgehead atoms. The number of hydrogen-bond acceptors (Lipinski definition) is 5. The molecule has 1 unspecified atom stereocenters. The van der Waals surface area contributed by atoms with Crippen LogP contribution >= 0.6 is 0 Å². The van der Waals surface area contributed by atoms with E-state index in [1.54, 1.807) is 0 Å². The Bertz CT molecular complexity index is 994. The summed E-state index contributed by atoms with van der Waals surface area (Å²) in [6, 6.07) is 14.2. The number of nitrogens with zero attached hydrogens (tertiary/aromatic N) is 1. The first-order valence-electron chi connectivity index (χ1n) is 11.2. The fourth-order valence-electron chi connectivity index (χ4n) is 4.60. The minimum absolute atomic E-state index is 0.0646. The molecule has 1 aliphatic carbocycles. The van der Waals surface area contributed by atoms with Crippen LogP contribution in [0.15, 0.2) is 48.5 Å². The van der Waals surface area contributed by atoms with E-state index in [9.17, 15) is 19.5 Å². The summed E-state index contributed by atoms with van der Waals surface area (Å²) < 4.78 is 10.8. The van der Waals surface area contributed by atoms with E-state index in [0.717, 1.165) is 22.3 Å². The molecule has 2 amide bonds. The van der Waals surface area contributed by atoms with Crippen LogP contribution in [0.5, 0.6) is 0 Å². The SMILES string of the molecule is CCC[C@H](NC(=O)OCC1c2ccccc2-c2ccccc21)C(=O)N1CCOCC1C(=O)O. The number of aliphatic carboxylic acids is 1. The van der Waals surface area contributed by atoms with Gasteiger partial charge in [-0.3, -0.25) is 4.79 Å². The van der Waals surface area contributed by atoms with Gasteiger partial charge in [0.25, 0.3) is 0 Å². The Morgan fingerprint density at radius 2 is 1.76 bits per heavy atom. The van der Waals surface area contributed by atoms with E-state index in [-0.39, 0.29) is 32.3 Å². The van der Waals surface area contributed by atoms with Gasteiger partial charge in [-0.2, -0.15) is 0 Å². The van der Waals surface area contributed by atoms with Crippen LogP contribution in [0, 0.1) is 0 Å². The molecule has 1 aliphatic heterocycles. The third kappa shape index (κ3) is 4.71. The van der Waals surface area contributed by atoms with Gasteiger partial charge in [0.15, 0.2) is 6.04 Å². The van der Waals surface area contributed by atoms with Crippen LogP contribution in [0.25, 0.3) is 11.1 Å². The fourth-order valence-corrected chi connectivity index (χ4v) is 4.60. The van der Waals surface area contributed by atoms with Crippen molar-refractivity contribution in [3.63, 3.8) is 0 Å². The van der Waals surface area contributed by atoms with Gasteiger partial charge in [0.05, 0.1) is 13.2 Å². The molecule has 8 nitrogen and oxygen atoms in total. The van der Waals surface area contributed by atoms with Gasteiger partial charge in [0.2, 0.25) is 5.91 Å². The largest absolute Gasteiger partial charge is 0.480 e. The summed E-state index contributed by atoms with van der Waals surface area (Å²) >= 11 is 0. The van der Waals surface area contributed by atoms with Crippen LogP contribution in [0.4, 0.5) is 4.79 Å². The number of morpholine rings is 1. The van der Waals surface area contributed by atoms with Crippen molar-refractivity contribution < 1.29 is 29.0 Å². The molecule has 2 aliphatic rings. The van der Waals surface area contributed by atoms with Crippen LogP contribution in [0.3, 0.4) is 0 Å². The minimum atomic E-state index is -1.13. The topological polar surface area (TPSA) is 105 Å². The van der Waals surface area contributed by atoms with E-state index >= 15 is 0 Å². The van der Waals surface area contributed by atoms with Crippen molar-refractivity contribution >= 4 is 18.0 Å². The normalized spacial score (nSPS) is 18.2. The van der Waals surface area contributed by atoms with Crippen molar-refractivity contribution in [1.29, 1.82) is 0 Å². The van der Waals surface area contributed by atoms with Crippen molar-refractivity contribution in [2.45, 2.75) is 37.8 Å². The van der Waals surface area contributed by atoms with E-state index in [1.807, 2.05) is 43.3 Å². The highest BCUT2D eigenvalue weighted by atomic mass is 16.5. The Hall–Kier alpha value is -3.39. The number of ether oxygens (including phenoxy) is 2. The van der Waals surface area contributed by atoms with Gasteiger partial charge in [0.1, 0.15) is 12.6 Å². The lowest BCUT2D eigenvalue weighted by Crippen LogP contribution is -2.58. The minimum Gasteiger partial charge on any atom is -0.480 e. The summed E-state index contributed by atoms with van der Waals surface area (Å²) in [6.07, 6.45) is 0.332. The van der Waals surface area contributed by atoms with Gasteiger partial charge in [0, 0.05) is 12.5 Å². The Kier molecular flexibility index (Phi) is 6.93. The monoisotopic (exact) mass is 452 g/mol. The number of rotatable bonds is 7. The number of amides is 2. The van der Waals surface area contributed by atoms with Crippen molar-refractivity contribution in [3.05, 3.63) is 59.7 Å². The molecule has 1 heterocycles. The number of fused-ring (bicyclic) bond motifs is 3. The van der Waals surface area contributed by atoms with Crippen LogP contribution in [-0.2, 0) is 19.1 Å². The highest BCUT2D eigenvalue weighted by molar-refractivity contribution is 5.89. The summed E-state index contributed by atoms with van der Waals surface area (Å²) in [4.78, 5) is 38.5. The van der Waals surface area contributed by atoms with E-state index in [0.29, 0.717) is 12.8 Å². The predicted molar refractivity (Wildman–Crippen MR) is 121 cm³/mol. The van der Waals surface area contributed by atoms with E-state index in [2.05, 4.69) is 17.4 Å². The first kappa shape index (κ1) is 22.8. The fraction of sp³-hybridized carbons (Fsp3) is 0.400. The lowest BCUT2D eigenvalue weighted by molar-refractivity contribution is -0.159. The molecule has 2 aromatic rings. The van der Waals surface area contributed by atoms with Crippen molar-refractivity contribution in [2.75, 3.05) is 26.4 Å². The number of alkyl carbamates (subject to hydrolysis) is 1. The second-order valence-corrected chi connectivity index (χ2v) is 8.27. The number of hydrogen-bond donors (Lipinski definition) is 2. The Balaban J connectivity index is 1.43. The molecule has 0 spiro atoms. The lowest BCUT2D eigenvalue weighted by atomic mass is 9.98. The van der Waals surface area contributed by atoms with E-state index in [1.165, 1.54) is 4.90 Å². The van der Waals surface area contributed by atoms with Gasteiger partial charge in [-0.1, -0.05) is 61.9 Å². The Labute approximate surface area is 192 Å². The second kappa shape index (κ2) is 10.0. The van der Waals surface area contributed by atoms with Crippen molar-refractivity contribution in [2.24, 2.45) is 0 Å². The smallest absolute Gasteiger partial charge is 0.407 e. The van der Waals surface area contributed by atoms with Crippen molar-refractivity contribution in [1.82, 2.24) is 10.2 Å². The second-order valence-electron chi connectivity index (χ2n) is 8.27. The van der Waals surface area contributed by atoms with Crippen LogP contribution in [-0.4, -0.2) is 66.4 Å². The Morgan fingerprint density at radius 3 is 2.36 bits per heavy atom. The molecule has 0 aromatic heterocycles. The van der Waals surface area contributed by atoms with E-state index in [4.69, 9.17) is 9.47 Å². The van der Waals surface area contributed by atoms with Crippen molar-refractivity contribution in [3.8, 4) is 11.1 Å². The van der Waals surface area contributed by atoms with Gasteiger partial charge >= 0.3 is 12.1 Å². The summed E-state index contributed by atoms with van der Waals surface area (Å²) in [5.74, 6) is -1.64. The van der Waals surface area contributed by atoms with Gasteiger partial charge in [-0.05, 0) is 28.7 Å². The molecule has 0 saturated carbocycles. The van der Waals surface area contributed by atoms with Gasteiger partial charge in [-0.25, -0.2) is 9.59 Å². The first-order valence-corrected chi connectivity index (χ1v) is 11.2. The number of carbonyl (C=O) groups excluding carboxylic acids is 2. The molecule has 8 heteroatoms. The number of carboxylic acids is 1. The molecule has 2 N–H and O–H groups in total. The standard InChI is InChI=1S/C25H28N2O6/c1-2-7-21(23(28)27-12-13-32-15-22(27)24(29)30)26-25(31)33-14-20-18-10-5-3-8-16(18)17-9-4-6-11-19(17)20/h3-6,8-11,20-22H,2,7,12-15H2,1H3,(H,26,31)(H,29,30)/t21-,22?/m0/s1. The zero-order valence-corrected chi connectivity index (χ0v) is 18.5. The van der Waals surface area contributed by atoms with Crippen LogP contribution in [0.2, 0.25) is 0 Å². The number of benzene rings is 2. The Morgan fingerprint density at radius 1 is 1.12 bits per heavy atom. The molecule has 33 heavy (non-hydrogen) atoms. The predicted octanol–water partition coefficient (Wildman–Crippen LogP) is 3.01. The highest BCUT2D eigenvalue weighted by Crippen LogP contribution is 2.44. The third-order valence-corrected chi connectivity index (χ3v) is 6.21. The first-order chi connectivity index (χ1) is 16.0. The summed E-state index contributed by atoms with van der Waals surface area (Å²) in [5, 5.41) is 12.1. The van der Waals surface area contributed by atoms with E-state index < -0.39 is 30.1 Å². The number of carboxylic acid groups (broad SMARTS) is 1. The molecule has 1 fully saturated rings. The molecule has 4 rings (SSSR count). The van der Waals surface area contributed by atoms with Crippen LogP contribution in [0.1, 0.15) is 36.8 Å². The number of carbonyl (C=O) groups is 3. The number of nitrogens with one attached hydrogen (secondary N) is 1. The summed E-state index contributed by atoms with van der Waals surface area (Å²) in [6.45, 7) is 2.41. The van der Waals surface area contributed by atoms with Gasteiger partial charge < -0.3 is 24.8 Å². The molecular weight excluding hydrogens is 424 g/mol. The highest BCUT2D eigenvalue weighted by Gasteiger charge is 2.37. The molecule has 0 radical (unpaired) electrons. The summed E-state index contributed by atoms with van der Waals surface area (Å²) in [5.41, 5.74) is 4.47. The molecule has 2 atom stereocenters. The van der Waals surface area contributed by atoms with Crippen LogP contribution < -0.4 is 5.32 Å². The average molecular weight is 453 g/mol. The molecule has 2 aromatic carbocycles. The summed E-state index contributed by atoms with van der Waals surface area (Å²) in [7, 11) is 0. The maximum Gasteiger partial charge on any atom is 0.407 e. The zero-order valence-electron chi connectivity index (χ0n) is 18.5. The van der Waals surface area contributed by atoms with Gasteiger partial charge in [-0.15, -0.1) is 0 Å². The quantitative estimate of drug-likeness (QED) is 0.669. The lowest BCUT2D eigenvalue weighted by Gasteiger charge is -2.35. The molecule has 174 valence electrons. The zero-order chi connectivity index (χ0) is 23.4. The molecule has 1 saturated heterocycles. The average Bonchev–Trinajstić information content (AvgIpc) is 3.15. The molecular formula is C25H28N2O6. The maximum atomic E-state index is 13.1.